The Morgan fingerprint density at radius 2 is 2.11 bits per heavy atom. The van der Waals surface area contributed by atoms with Crippen LogP contribution >= 0.6 is 11.6 Å². The summed E-state index contributed by atoms with van der Waals surface area (Å²) in [5, 5.41) is 3.85. The molecule has 0 aliphatic rings. The first-order valence-corrected chi connectivity index (χ1v) is 6.65. The predicted molar refractivity (Wildman–Crippen MR) is 77.9 cm³/mol. The highest BCUT2D eigenvalue weighted by molar-refractivity contribution is 6.32. The van der Waals surface area contributed by atoms with Gasteiger partial charge in [-0.25, -0.2) is 0 Å². The average molecular weight is 277 g/mol. The zero-order valence-electron chi connectivity index (χ0n) is 11.1. The van der Waals surface area contributed by atoms with Crippen molar-refractivity contribution in [3.8, 4) is 11.5 Å². The summed E-state index contributed by atoms with van der Waals surface area (Å²) in [4.78, 5) is 4.18. The monoisotopic (exact) mass is 276 g/mol. The van der Waals surface area contributed by atoms with Crippen molar-refractivity contribution in [2.45, 2.75) is 20.4 Å². The van der Waals surface area contributed by atoms with Crippen molar-refractivity contribution in [3.05, 3.63) is 52.8 Å². The lowest BCUT2D eigenvalue weighted by molar-refractivity contribution is 0.479. The Balaban J connectivity index is 2.16. The molecule has 2 aromatic rings. The third-order valence-corrected chi connectivity index (χ3v) is 2.98. The van der Waals surface area contributed by atoms with E-state index < -0.39 is 0 Å². The summed E-state index contributed by atoms with van der Waals surface area (Å²) in [5.41, 5.74) is 2.19. The molecular weight excluding hydrogens is 260 g/mol. The van der Waals surface area contributed by atoms with Crippen LogP contribution in [0.15, 0.2) is 36.7 Å². The summed E-state index contributed by atoms with van der Waals surface area (Å²) in [6.45, 7) is 5.78. The van der Waals surface area contributed by atoms with Crippen molar-refractivity contribution in [1.82, 2.24) is 10.3 Å². The van der Waals surface area contributed by atoms with Gasteiger partial charge in [0.25, 0.3) is 0 Å². The van der Waals surface area contributed by atoms with Crippen molar-refractivity contribution in [3.63, 3.8) is 0 Å². The van der Waals surface area contributed by atoms with Gasteiger partial charge in [-0.2, -0.15) is 0 Å². The standard InChI is InChI=1S/C15H17ClN2O/c1-3-17-8-12-7-13(10-18-9-12)19-15-6-11(2)4-5-14(15)16/h4-7,9-10,17H,3,8H2,1-2H3. The largest absolute Gasteiger partial charge is 0.454 e. The van der Waals surface area contributed by atoms with E-state index >= 15 is 0 Å². The zero-order chi connectivity index (χ0) is 13.7. The predicted octanol–water partition coefficient (Wildman–Crippen LogP) is 3.95. The fourth-order valence-corrected chi connectivity index (χ4v) is 1.86. The van der Waals surface area contributed by atoms with Gasteiger partial charge in [0.15, 0.2) is 0 Å². The van der Waals surface area contributed by atoms with Crippen LogP contribution in [0.3, 0.4) is 0 Å². The molecule has 19 heavy (non-hydrogen) atoms. The number of benzene rings is 1. The van der Waals surface area contributed by atoms with E-state index in [0.29, 0.717) is 16.5 Å². The Bertz CT molecular complexity index is 558. The van der Waals surface area contributed by atoms with Crippen LogP contribution in [0.5, 0.6) is 11.5 Å². The van der Waals surface area contributed by atoms with Crippen LogP contribution < -0.4 is 10.1 Å². The van der Waals surface area contributed by atoms with Gasteiger partial charge in [0.05, 0.1) is 11.2 Å². The fraction of sp³-hybridized carbons (Fsp3) is 0.267. The van der Waals surface area contributed by atoms with Crippen LogP contribution in [0.1, 0.15) is 18.1 Å². The second-order valence-corrected chi connectivity index (χ2v) is 4.75. The molecule has 3 nitrogen and oxygen atoms in total. The molecule has 100 valence electrons. The number of nitrogens with zero attached hydrogens (tertiary/aromatic N) is 1. The van der Waals surface area contributed by atoms with Crippen molar-refractivity contribution < 1.29 is 4.74 Å². The lowest BCUT2D eigenvalue weighted by Crippen LogP contribution is -2.11. The molecule has 2 rings (SSSR count). The summed E-state index contributed by atoms with van der Waals surface area (Å²) in [5.74, 6) is 1.35. The number of aryl methyl sites for hydroxylation is 1. The third kappa shape index (κ3) is 3.94. The topological polar surface area (TPSA) is 34.2 Å². The van der Waals surface area contributed by atoms with Crippen molar-refractivity contribution in [2.24, 2.45) is 0 Å². The molecule has 0 aliphatic heterocycles. The van der Waals surface area contributed by atoms with Crippen LogP contribution in [-0.4, -0.2) is 11.5 Å². The number of pyridine rings is 1. The Kier molecular flexibility index (Phi) is 4.77. The highest BCUT2D eigenvalue weighted by Gasteiger charge is 2.04. The summed E-state index contributed by atoms with van der Waals surface area (Å²) < 4.78 is 5.79. The first-order chi connectivity index (χ1) is 9.19. The molecule has 1 aromatic heterocycles. The molecule has 0 radical (unpaired) electrons. The van der Waals surface area contributed by atoms with Gasteiger partial charge in [-0.15, -0.1) is 0 Å². The van der Waals surface area contributed by atoms with E-state index in [0.717, 1.165) is 24.2 Å². The smallest absolute Gasteiger partial charge is 0.146 e. The van der Waals surface area contributed by atoms with Crippen LogP contribution in [0, 0.1) is 6.92 Å². The number of halogens is 1. The molecule has 0 bridgehead atoms. The van der Waals surface area contributed by atoms with E-state index in [-0.39, 0.29) is 0 Å². The van der Waals surface area contributed by atoms with Crippen molar-refractivity contribution >= 4 is 11.6 Å². The van der Waals surface area contributed by atoms with Gasteiger partial charge in [0.2, 0.25) is 0 Å². The van der Waals surface area contributed by atoms with Gasteiger partial charge in [0.1, 0.15) is 11.5 Å². The van der Waals surface area contributed by atoms with Gasteiger partial charge in [-0.05, 0) is 42.8 Å². The minimum Gasteiger partial charge on any atom is -0.454 e. The maximum atomic E-state index is 6.11. The Hall–Kier alpha value is -1.58. The molecule has 0 saturated carbocycles. The minimum atomic E-state index is 0.600. The van der Waals surface area contributed by atoms with Gasteiger partial charge < -0.3 is 10.1 Å². The second-order valence-electron chi connectivity index (χ2n) is 4.35. The first-order valence-electron chi connectivity index (χ1n) is 6.27. The van der Waals surface area contributed by atoms with E-state index in [1.807, 2.05) is 37.4 Å². The number of ether oxygens (including phenoxy) is 1. The highest BCUT2D eigenvalue weighted by Crippen LogP contribution is 2.30. The molecule has 0 fully saturated rings. The minimum absolute atomic E-state index is 0.600. The summed E-state index contributed by atoms with van der Waals surface area (Å²) >= 11 is 6.11. The van der Waals surface area contributed by atoms with Gasteiger partial charge in [-0.1, -0.05) is 24.6 Å². The molecular formula is C15H17ClN2O. The molecule has 0 unspecified atom stereocenters. The summed E-state index contributed by atoms with van der Waals surface area (Å²) in [7, 11) is 0. The first kappa shape index (κ1) is 13.8. The lowest BCUT2D eigenvalue weighted by Gasteiger charge is -2.09. The van der Waals surface area contributed by atoms with Crippen molar-refractivity contribution in [2.75, 3.05) is 6.54 Å². The van der Waals surface area contributed by atoms with E-state index in [2.05, 4.69) is 17.2 Å². The van der Waals surface area contributed by atoms with Crippen LogP contribution in [0.2, 0.25) is 5.02 Å². The number of rotatable bonds is 5. The van der Waals surface area contributed by atoms with E-state index in [1.54, 1.807) is 6.20 Å². The number of hydrogen-bond acceptors (Lipinski definition) is 3. The third-order valence-electron chi connectivity index (χ3n) is 2.66. The molecule has 0 saturated heterocycles. The summed E-state index contributed by atoms with van der Waals surface area (Å²) in [6.07, 6.45) is 3.52. The molecule has 4 heteroatoms. The van der Waals surface area contributed by atoms with Gasteiger partial charge in [0, 0.05) is 12.7 Å². The lowest BCUT2D eigenvalue weighted by atomic mass is 10.2. The maximum Gasteiger partial charge on any atom is 0.146 e. The van der Waals surface area contributed by atoms with Crippen LogP contribution in [0.25, 0.3) is 0 Å². The van der Waals surface area contributed by atoms with Gasteiger partial charge >= 0.3 is 0 Å². The molecule has 0 aliphatic carbocycles. The van der Waals surface area contributed by atoms with Crippen LogP contribution in [-0.2, 0) is 6.54 Å². The average Bonchev–Trinajstić information content (AvgIpc) is 2.41. The maximum absolute atomic E-state index is 6.11. The molecule has 1 heterocycles. The van der Waals surface area contributed by atoms with Crippen LogP contribution in [0.4, 0.5) is 0 Å². The van der Waals surface area contributed by atoms with Crippen molar-refractivity contribution in [1.29, 1.82) is 0 Å². The van der Waals surface area contributed by atoms with Gasteiger partial charge in [-0.3, -0.25) is 4.98 Å². The number of aromatic nitrogens is 1. The van der Waals surface area contributed by atoms with E-state index in [1.165, 1.54) is 0 Å². The quantitative estimate of drug-likeness (QED) is 0.898. The normalized spacial score (nSPS) is 10.5. The molecule has 0 atom stereocenters. The highest BCUT2D eigenvalue weighted by atomic mass is 35.5. The molecule has 1 aromatic carbocycles. The van der Waals surface area contributed by atoms with E-state index in [9.17, 15) is 0 Å². The second kappa shape index (κ2) is 6.55. The van der Waals surface area contributed by atoms with E-state index in [4.69, 9.17) is 16.3 Å². The molecule has 0 amide bonds. The molecule has 1 N–H and O–H groups in total. The number of nitrogens with one attached hydrogen (secondary N) is 1. The Morgan fingerprint density at radius 3 is 2.89 bits per heavy atom. The fourth-order valence-electron chi connectivity index (χ4n) is 1.70. The zero-order valence-corrected chi connectivity index (χ0v) is 11.9. The summed E-state index contributed by atoms with van der Waals surface area (Å²) in [6, 6.07) is 7.67. The Morgan fingerprint density at radius 1 is 1.26 bits per heavy atom. The SMILES string of the molecule is CCNCc1cncc(Oc2cc(C)ccc2Cl)c1. The number of hydrogen-bond donors (Lipinski definition) is 1. The molecule has 0 spiro atoms. The Labute approximate surface area is 118 Å².